The van der Waals surface area contributed by atoms with Gasteiger partial charge in [-0.05, 0) is 36.6 Å². The van der Waals surface area contributed by atoms with Crippen molar-refractivity contribution in [2.45, 2.75) is 18.9 Å². The van der Waals surface area contributed by atoms with Crippen molar-refractivity contribution in [3.8, 4) is 11.5 Å². The van der Waals surface area contributed by atoms with Gasteiger partial charge in [-0.2, -0.15) is 0 Å². The van der Waals surface area contributed by atoms with Crippen molar-refractivity contribution in [2.75, 3.05) is 32.3 Å². The molecule has 0 radical (unpaired) electrons. The topological polar surface area (TPSA) is 72.9 Å². The maximum atomic E-state index is 12.2. The first-order valence-electron chi connectivity index (χ1n) is 7.07. The quantitative estimate of drug-likeness (QED) is 0.801. The van der Waals surface area contributed by atoms with Crippen molar-refractivity contribution in [1.82, 2.24) is 4.90 Å². The fourth-order valence-corrected chi connectivity index (χ4v) is 5.36. The van der Waals surface area contributed by atoms with E-state index in [0.717, 1.165) is 11.1 Å². The van der Waals surface area contributed by atoms with Crippen LogP contribution in [0.2, 0.25) is 0 Å². The van der Waals surface area contributed by atoms with Gasteiger partial charge in [-0.3, -0.25) is 4.79 Å². The van der Waals surface area contributed by atoms with Crippen LogP contribution < -0.4 is 9.47 Å². The van der Waals surface area contributed by atoms with Crippen molar-refractivity contribution in [3.63, 3.8) is 0 Å². The third-order valence-corrected chi connectivity index (χ3v) is 6.22. The Labute approximate surface area is 129 Å². The summed E-state index contributed by atoms with van der Waals surface area (Å²) in [5, 5.41) is 0. The molecule has 2 aliphatic rings. The SMILES string of the molecule is COc1cc2c(cc1OC)C1(C)CS(=O)(=O)CC(=O)N1CC2. The molecule has 1 aromatic carbocycles. The average molecular weight is 325 g/mol. The second kappa shape index (κ2) is 4.87. The van der Waals surface area contributed by atoms with Crippen molar-refractivity contribution in [3.05, 3.63) is 23.3 Å². The Morgan fingerprint density at radius 2 is 1.82 bits per heavy atom. The van der Waals surface area contributed by atoms with Crippen LogP contribution in [0.1, 0.15) is 18.1 Å². The van der Waals surface area contributed by atoms with E-state index >= 15 is 0 Å². The number of carbonyl (C=O) groups excluding carboxylic acids is 1. The Morgan fingerprint density at radius 3 is 2.45 bits per heavy atom. The van der Waals surface area contributed by atoms with Crippen LogP contribution in [-0.2, 0) is 26.6 Å². The third kappa shape index (κ3) is 2.15. The van der Waals surface area contributed by atoms with Gasteiger partial charge in [0.05, 0.1) is 25.5 Å². The molecular formula is C15H19NO5S. The average Bonchev–Trinajstić information content (AvgIpc) is 2.43. The number of methoxy groups -OCH3 is 2. The highest BCUT2D eigenvalue weighted by atomic mass is 32.2. The van der Waals surface area contributed by atoms with Gasteiger partial charge in [0.1, 0.15) is 5.75 Å². The number of carbonyl (C=O) groups is 1. The number of amides is 1. The van der Waals surface area contributed by atoms with Crippen molar-refractivity contribution in [2.24, 2.45) is 0 Å². The van der Waals surface area contributed by atoms with Gasteiger partial charge in [0, 0.05) is 6.54 Å². The molecule has 1 fully saturated rings. The van der Waals surface area contributed by atoms with Crippen LogP contribution in [0, 0.1) is 0 Å². The molecule has 1 amide bonds. The summed E-state index contributed by atoms with van der Waals surface area (Å²) >= 11 is 0. The largest absolute Gasteiger partial charge is 0.493 e. The van der Waals surface area contributed by atoms with E-state index in [1.165, 1.54) is 7.11 Å². The van der Waals surface area contributed by atoms with Crippen LogP contribution in [0.3, 0.4) is 0 Å². The Bertz CT molecular complexity index is 743. The van der Waals surface area contributed by atoms with E-state index in [0.29, 0.717) is 24.5 Å². The summed E-state index contributed by atoms with van der Waals surface area (Å²) in [4.78, 5) is 13.9. The van der Waals surface area contributed by atoms with E-state index < -0.39 is 21.1 Å². The Hall–Kier alpha value is -1.76. The molecule has 1 atom stereocenters. The first-order chi connectivity index (χ1) is 10.3. The summed E-state index contributed by atoms with van der Waals surface area (Å²) in [5.41, 5.74) is 0.982. The molecular weight excluding hydrogens is 306 g/mol. The molecule has 0 bridgehead atoms. The van der Waals surface area contributed by atoms with Gasteiger partial charge in [-0.15, -0.1) is 0 Å². The summed E-state index contributed by atoms with van der Waals surface area (Å²) in [7, 11) is -0.299. The van der Waals surface area contributed by atoms with Crippen LogP contribution in [-0.4, -0.2) is 51.5 Å². The maximum Gasteiger partial charge on any atom is 0.238 e. The Kier molecular flexibility index (Phi) is 3.36. The second-order valence-corrected chi connectivity index (χ2v) is 8.03. The van der Waals surface area contributed by atoms with Gasteiger partial charge in [-0.25, -0.2) is 8.42 Å². The Morgan fingerprint density at radius 1 is 1.18 bits per heavy atom. The number of sulfone groups is 1. The van der Waals surface area contributed by atoms with Gasteiger partial charge in [-0.1, -0.05) is 0 Å². The summed E-state index contributed by atoms with van der Waals surface area (Å²) in [6, 6.07) is 3.68. The molecule has 0 spiro atoms. The lowest BCUT2D eigenvalue weighted by Crippen LogP contribution is -2.60. The molecule has 2 heterocycles. The smallest absolute Gasteiger partial charge is 0.238 e. The van der Waals surface area contributed by atoms with Crippen LogP contribution in [0.25, 0.3) is 0 Å². The number of fused-ring (bicyclic) bond motifs is 3. The predicted molar refractivity (Wildman–Crippen MR) is 81.0 cm³/mol. The van der Waals surface area contributed by atoms with E-state index in [1.54, 1.807) is 18.1 Å². The van der Waals surface area contributed by atoms with Crippen LogP contribution >= 0.6 is 0 Å². The molecule has 120 valence electrons. The number of ether oxygens (including phenoxy) is 2. The second-order valence-electron chi connectivity index (χ2n) is 5.97. The van der Waals surface area contributed by atoms with Gasteiger partial charge < -0.3 is 14.4 Å². The number of hydrogen-bond acceptors (Lipinski definition) is 5. The van der Waals surface area contributed by atoms with Crippen LogP contribution in [0.15, 0.2) is 12.1 Å². The molecule has 1 saturated heterocycles. The summed E-state index contributed by atoms with van der Waals surface area (Å²) in [6.07, 6.45) is 0.678. The van der Waals surface area contributed by atoms with E-state index in [9.17, 15) is 13.2 Å². The van der Waals surface area contributed by atoms with Crippen molar-refractivity contribution < 1.29 is 22.7 Å². The number of hydrogen-bond donors (Lipinski definition) is 0. The zero-order valence-corrected chi connectivity index (χ0v) is 13.7. The van der Waals surface area contributed by atoms with E-state index in [4.69, 9.17) is 9.47 Å². The molecule has 1 unspecified atom stereocenters. The molecule has 1 aromatic rings. The minimum Gasteiger partial charge on any atom is -0.493 e. The predicted octanol–water partition coefficient (Wildman–Crippen LogP) is 0.732. The third-order valence-electron chi connectivity index (χ3n) is 4.54. The summed E-state index contributed by atoms with van der Waals surface area (Å²) < 4.78 is 34.8. The molecule has 7 heteroatoms. The molecule has 0 N–H and O–H groups in total. The standard InChI is InChI=1S/C15H19NO5S/c1-15-9-22(18,19)8-14(17)16(15)5-4-10-6-12(20-2)13(21-3)7-11(10)15/h6-7H,4-5,8-9H2,1-3H3. The zero-order valence-electron chi connectivity index (χ0n) is 12.9. The van der Waals surface area contributed by atoms with Gasteiger partial charge in [0.25, 0.3) is 0 Å². The monoisotopic (exact) mass is 325 g/mol. The minimum absolute atomic E-state index is 0.0613. The molecule has 3 rings (SSSR count). The first-order valence-corrected chi connectivity index (χ1v) is 8.89. The van der Waals surface area contributed by atoms with E-state index in [-0.39, 0.29) is 11.7 Å². The molecule has 0 aromatic heterocycles. The summed E-state index contributed by atoms with van der Waals surface area (Å²) in [5.74, 6) is 0.372. The first kappa shape index (κ1) is 15.1. The molecule has 0 saturated carbocycles. The molecule has 22 heavy (non-hydrogen) atoms. The van der Waals surface area contributed by atoms with Gasteiger partial charge >= 0.3 is 0 Å². The van der Waals surface area contributed by atoms with Crippen molar-refractivity contribution >= 4 is 15.7 Å². The fraction of sp³-hybridized carbons (Fsp3) is 0.533. The highest BCUT2D eigenvalue weighted by Crippen LogP contribution is 2.43. The summed E-state index contributed by atoms with van der Waals surface area (Å²) in [6.45, 7) is 2.33. The van der Waals surface area contributed by atoms with Crippen LogP contribution in [0.5, 0.6) is 11.5 Å². The fourth-order valence-electron chi connectivity index (χ4n) is 3.55. The van der Waals surface area contributed by atoms with Gasteiger partial charge in [0.2, 0.25) is 5.91 Å². The number of rotatable bonds is 2. The van der Waals surface area contributed by atoms with Crippen molar-refractivity contribution in [1.29, 1.82) is 0 Å². The maximum absolute atomic E-state index is 12.2. The highest BCUT2D eigenvalue weighted by Gasteiger charge is 2.49. The van der Waals surface area contributed by atoms with Crippen LogP contribution in [0.4, 0.5) is 0 Å². The lowest BCUT2D eigenvalue weighted by Gasteiger charge is -2.48. The normalized spacial score (nSPS) is 26.1. The highest BCUT2D eigenvalue weighted by molar-refractivity contribution is 7.92. The van der Waals surface area contributed by atoms with Gasteiger partial charge in [0.15, 0.2) is 21.3 Å². The number of benzene rings is 1. The number of nitrogens with zero attached hydrogens (tertiary/aromatic N) is 1. The molecule has 2 aliphatic heterocycles. The molecule has 0 aliphatic carbocycles. The molecule has 6 nitrogen and oxygen atoms in total. The minimum atomic E-state index is -3.40. The van der Waals surface area contributed by atoms with E-state index in [1.807, 2.05) is 13.0 Å². The lowest BCUT2D eigenvalue weighted by molar-refractivity contribution is -0.135. The Balaban J connectivity index is 2.20. The lowest BCUT2D eigenvalue weighted by atomic mass is 9.82. The van der Waals surface area contributed by atoms with E-state index in [2.05, 4.69) is 0 Å². The zero-order chi connectivity index (χ0) is 16.1.